The van der Waals surface area contributed by atoms with Crippen molar-refractivity contribution in [2.75, 3.05) is 12.5 Å². The lowest BCUT2D eigenvalue weighted by molar-refractivity contribution is 0.108. The average Bonchev–Trinajstić information content (AvgIpc) is 3.11. The van der Waals surface area contributed by atoms with E-state index < -0.39 is 0 Å². The van der Waals surface area contributed by atoms with Gasteiger partial charge in [0.15, 0.2) is 5.69 Å². The predicted octanol–water partition coefficient (Wildman–Crippen LogP) is 6.90. The lowest BCUT2D eigenvalue weighted by Gasteiger charge is -2.49. The van der Waals surface area contributed by atoms with Gasteiger partial charge in [-0.1, -0.05) is 44.0 Å². The highest BCUT2D eigenvalue weighted by atomic mass is 32.2. The number of hydrogen-bond donors (Lipinski definition) is 0. The fraction of sp³-hybridized carbons (Fsp3) is 0.739. The van der Waals surface area contributed by atoms with Gasteiger partial charge in [0.05, 0.1) is 18.7 Å². The van der Waals surface area contributed by atoms with Gasteiger partial charge < -0.3 is 4.74 Å². The van der Waals surface area contributed by atoms with E-state index in [1.54, 1.807) is 5.69 Å². The molecule has 0 bridgehead atoms. The Balaban J connectivity index is 1.69. The lowest BCUT2D eigenvalue weighted by atomic mass is 9.85. The Kier molecular flexibility index (Phi) is 6.15. The van der Waals surface area contributed by atoms with Gasteiger partial charge >= 0.3 is 0 Å². The number of rotatable bonds is 6. The van der Waals surface area contributed by atoms with Crippen LogP contribution in [0.5, 0.6) is 5.75 Å². The fourth-order valence-corrected chi connectivity index (χ4v) is 7.20. The SMILES string of the molecule is CCCCOc1cccc2c1SC[N+]2(C1CCCCC1)C1CCCCC1. The Bertz CT molecular complexity index is 572. The molecule has 1 heterocycles. The second-order valence-electron chi connectivity index (χ2n) is 8.59. The van der Waals surface area contributed by atoms with Gasteiger partial charge in [-0.3, -0.25) is 4.48 Å². The Labute approximate surface area is 164 Å². The molecule has 2 aliphatic carbocycles. The molecular formula is C23H36NOS+. The van der Waals surface area contributed by atoms with Crippen LogP contribution in [0.3, 0.4) is 0 Å². The molecule has 2 saturated carbocycles. The van der Waals surface area contributed by atoms with Gasteiger partial charge in [0.25, 0.3) is 0 Å². The molecule has 3 aliphatic rings. The molecule has 1 aromatic carbocycles. The third-order valence-electron chi connectivity index (χ3n) is 7.04. The molecule has 3 heteroatoms. The Morgan fingerprint density at radius 1 is 0.962 bits per heavy atom. The maximum absolute atomic E-state index is 6.23. The molecule has 1 aromatic rings. The molecule has 2 fully saturated rings. The fourth-order valence-electron chi connectivity index (χ4n) is 5.64. The summed E-state index contributed by atoms with van der Waals surface area (Å²) in [5.41, 5.74) is 1.61. The molecule has 4 rings (SSSR count). The molecule has 0 radical (unpaired) electrons. The number of thioether (sulfide) groups is 1. The number of nitrogens with zero attached hydrogens (tertiary/aromatic N) is 1. The number of benzene rings is 1. The number of hydrogen-bond acceptors (Lipinski definition) is 2. The summed E-state index contributed by atoms with van der Waals surface area (Å²) in [7, 11) is 0. The minimum atomic E-state index is 0.839. The summed E-state index contributed by atoms with van der Waals surface area (Å²) in [5.74, 6) is 2.41. The number of quaternary nitrogens is 1. The van der Waals surface area contributed by atoms with Crippen LogP contribution in [0.25, 0.3) is 0 Å². The summed E-state index contributed by atoms with van der Waals surface area (Å²) in [5, 5.41) is 0. The zero-order valence-electron chi connectivity index (χ0n) is 16.5. The van der Waals surface area contributed by atoms with Crippen molar-refractivity contribution < 1.29 is 4.74 Å². The van der Waals surface area contributed by atoms with Crippen LogP contribution in [0.2, 0.25) is 0 Å². The summed E-state index contributed by atoms with van der Waals surface area (Å²) in [6, 6.07) is 8.61. The maximum atomic E-state index is 6.23. The highest BCUT2D eigenvalue weighted by Crippen LogP contribution is 2.54. The Morgan fingerprint density at radius 3 is 2.23 bits per heavy atom. The number of fused-ring (bicyclic) bond motifs is 1. The van der Waals surface area contributed by atoms with Crippen LogP contribution in [0.4, 0.5) is 5.69 Å². The third kappa shape index (κ3) is 3.42. The maximum Gasteiger partial charge on any atom is 0.151 e. The monoisotopic (exact) mass is 374 g/mol. The molecule has 2 nitrogen and oxygen atoms in total. The van der Waals surface area contributed by atoms with Gasteiger partial charge in [-0.05, 0) is 63.9 Å². The van der Waals surface area contributed by atoms with Gasteiger partial charge in [-0.2, -0.15) is 0 Å². The van der Waals surface area contributed by atoms with Crippen molar-refractivity contribution in [3.05, 3.63) is 18.2 Å². The summed E-state index contributed by atoms with van der Waals surface area (Å²) in [4.78, 5) is 1.47. The summed E-state index contributed by atoms with van der Waals surface area (Å²) >= 11 is 2.09. The van der Waals surface area contributed by atoms with E-state index in [9.17, 15) is 0 Å². The van der Waals surface area contributed by atoms with Crippen molar-refractivity contribution in [2.24, 2.45) is 0 Å². The van der Waals surface area contributed by atoms with E-state index in [-0.39, 0.29) is 0 Å². The second-order valence-corrected chi connectivity index (χ2v) is 9.55. The van der Waals surface area contributed by atoms with Crippen molar-refractivity contribution in [2.45, 2.75) is 101 Å². The standard InChI is InChI=1S/C23H36NOS/c1-2-3-17-25-22-16-10-15-21-23(22)26-18-24(21,19-11-6-4-7-12-19)20-13-8-5-9-14-20/h10,15-16,19-20H,2-9,11-14,17-18H2,1H3/q+1. The van der Waals surface area contributed by atoms with E-state index in [0.29, 0.717) is 0 Å². The number of ether oxygens (including phenoxy) is 1. The highest BCUT2D eigenvalue weighted by molar-refractivity contribution is 7.99. The number of unbranched alkanes of at least 4 members (excludes halogenated alkanes) is 1. The molecule has 0 amide bonds. The topological polar surface area (TPSA) is 9.23 Å². The normalized spacial score (nSPS) is 23.7. The minimum absolute atomic E-state index is 0.839. The van der Waals surface area contributed by atoms with Crippen LogP contribution in [0, 0.1) is 0 Å². The van der Waals surface area contributed by atoms with Gasteiger partial charge in [0.1, 0.15) is 16.5 Å². The first kappa shape index (κ1) is 18.7. The van der Waals surface area contributed by atoms with E-state index in [4.69, 9.17) is 4.74 Å². The smallest absolute Gasteiger partial charge is 0.151 e. The summed E-state index contributed by atoms with van der Waals surface area (Å²) < 4.78 is 7.51. The molecule has 0 unspecified atom stereocenters. The van der Waals surface area contributed by atoms with E-state index in [1.807, 2.05) is 0 Å². The molecule has 144 valence electrons. The van der Waals surface area contributed by atoms with Crippen LogP contribution < -0.4 is 9.22 Å². The molecule has 0 aromatic heterocycles. The van der Waals surface area contributed by atoms with Crippen molar-refractivity contribution in [1.29, 1.82) is 0 Å². The molecule has 1 aliphatic heterocycles. The van der Waals surface area contributed by atoms with Gasteiger partial charge in [0, 0.05) is 6.07 Å². The quantitative estimate of drug-likeness (QED) is 0.395. The van der Waals surface area contributed by atoms with E-state index in [1.165, 1.54) is 85.9 Å². The first-order chi connectivity index (χ1) is 12.9. The van der Waals surface area contributed by atoms with Crippen molar-refractivity contribution in [3.63, 3.8) is 0 Å². The first-order valence-corrected chi connectivity index (χ1v) is 12.1. The molecule has 0 N–H and O–H groups in total. The highest BCUT2D eigenvalue weighted by Gasteiger charge is 2.51. The zero-order valence-corrected chi connectivity index (χ0v) is 17.4. The summed E-state index contributed by atoms with van der Waals surface area (Å²) in [6.45, 7) is 3.10. The zero-order chi connectivity index (χ0) is 17.8. The first-order valence-electron chi connectivity index (χ1n) is 11.1. The molecular weight excluding hydrogens is 338 g/mol. The van der Waals surface area contributed by atoms with Crippen molar-refractivity contribution in [1.82, 2.24) is 4.48 Å². The van der Waals surface area contributed by atoms with Crippen LogP contribution in [0.15, 0.2) is 23.1 Å². The van der Waals surface area contributed by atoms with Gasteiger partial charge in [0.2, 0.25) is 0 Å². The van der Waals surface area contributed by atoms with Crippen LogP contribution >= 0.6 is 11.8 Å². The predicted molar refractivity (Wildman–Crippen MR) is 113 cm³/mol. The van der Waals surface area contributed by atoms with Crippen molar-refractivity contribution >= 4 is 17.4 Å². The van der Waals surface area contributed by atoms with E-state index in [0.717, 1.165) is 30.9 Å². The van der Waals surface area contributed by atoms with Gasteiger partial charge in [-0.25, -0.2) is 0 Å². The summed E-state index contributed by atoms with van der Waals surface area (Å²) in [6.07, 6.45) is 16.7. The largest absolute Gasteiger partial charge is 0.492 e. The van der Waals surface area contributed by atoms with Crippen LogP contribution in [-0.2, 0) is 0 Å². The van der Waals surface area contributed by atoms with Crippen LogP contribution in [0.1, 0.15) is 84.0 Å². The van der Waals surface area contributed by atoms with Crippen molar-refractivity contribution in [3.8, 4) is 5.75 Å². The second kappa shape index (κ2) is 8.56. The van der Waals surface area contributed by atoms with E-state index in [2.05, 4.69) is 36.9 Å². The van der Waals surface area contributed by atoms with E-state index >= 15 is 0 Å². The minimum Gasteiger partial charge on any atom is -0.492 e. The lowest BCUT2D eigenvalue weighted by Crippen LogP contribution is -2.62. The molecule has 0 spiro atoms. The Morgan fingerprint density at radius 2 is 1.62 bits per heavy atom. The third-order valence-corrected chi connectivity index (χ3v) is 8.29. The Hall–Kier alpha value is -0.670. The molecule has 26 heavy (non-hydrogen) atoms. The molecule has 0 saturated heterocycles. The average molecular weight is 375 g/mol. The van der Waals surface area contributed by atoms with Crippen LogP contribution in [-0.4, -0.2) is 24.6 Å². The molecule has 0 atom stereocenters. The van der Waals surface area contributed by atoms with Gasteiger partial charge in [-0.15, -0.1) is 0 Å².